The highest BCUT2D eigenvalue weighted by atomic mass is 32.2. The number of halogens is 2. The van der Waals surface area contributed by atoms with E-state index in [0.717, 1.165) is 16.4 Å². The highest BCUT2D eigenvalue weighted by molar-refractivity contribution is 7.89. The number of rotatable bonds is 7. The van der Waals surface area contributed by atoms with Gasteiger partial charge in [0.2, 0.25) is 10.0 Å². The second kappa shape index (κ2) is 8.93. The van der Waals surface area contributed by atoms with Gasteiger partial charge in [-0.3, -0.25) is 4.79 Å². The van der Waals surface area contributed by atoms with Crippen LogP contribution < -0.4 is 5.32 Å². The van der Waals surface area contributed by atoms with Crippen LogP contribution in [-0.2, 0) is 14.8 Å². The number of amides is 1. The summed E-state index contributed by atoms with van der Waals surface area (Å²) in [6.07, 6.45) is 2.58. The molecule has 158 valence electrons. The molecule has 0 spiro atoms. The maximum Gasteiger partial charge on any atom is 0.273 e. The van der Waals surface area contributed by atoms with Gasteiger partial charge in [-0.25, -0.2) is 21.9 Å². The number of aromatic nitrogens is 3. The Balaban J connectivity index is 1.73. The van der Waals surface area contributed by atoms with Gasteiger partial charge in [0.25, 0.3) is 5.91 Å². The Morgan fingerprint density at radius 3 is 2.90 bits per heavy atom. The van der Waals surface area contributed by atoms with Crippen molar-refractivity contribution in [2.45, 2.75) is 23.8 Å². The Morgan fingerprint density at radius 2 is 2.17 bits per heavy atom. The van der Waals surface area contributed by atoms with Crippen LogP contribution in [0.4, 0.5) is 8.78 Å². The van der Waals surface area contributed by atoms with Crippen LogP contribution >= 0.6 is 0 Å². The first kappa shape index (κ1) is 21.3. The highest BCUT2D eigenvalue weighted by Gasteiger charge is 2.33. The molecule has 1 aliphatic heterocycles. The van der Waals surface area contributed by atoms with Crippen molar-refractivity contribution < 1.29 is 26.7 Å². The van der Waals surface area contributed by atoms with Gasteiger partial charge in [0.05, 0.1) is 18.8 Å². The number of nitrogens with one attached hydrogen (secondary N) is 1. The van der Waals surface area contributed by atoms with E-state index in [9.17, 15) is 22.0 Å². The Kier molecular flexibility index (Phi) is 6.55. The Hall–Kier alpha value is -2.44. The van der Waals surface area contributed by atoms with E-state index in [1.807, 2.05) is 0 Å². The molecule has 2 aromatic rings. The first-order valence-electron chi connectivity index (χ1n) is 8.97. The van der Waals surface area contributed by atoms with Crippen molar-refractivity contribution in [2.75, 3.05) is 33.4 Å². The normalized spacial score (nSPS) is 18.0. The Bertz CT molecular complexity index is 982. The molecule has 2 heterocycles. The summed E-state index contributed by atoms with van der Waals surface area (Å²) in [5.41, 5.74) is 0.102. The van der Waals surface area contributed by atoms with Crippen molar-refractivity contribution in [1.82, 2.24) is 24.6 Å². The first-order chi connectivity index (χ1) is 13.8. The molecule has 3 rings (SSSR count). The molecule has 9 nitrogen and oxygen atoms in total. The first-order valence-corrected chi connectivity index (χ1v) is 10.4. The van der Waals surface area contributed by atoms with Crippen molar-refractivity contribution >= 4 is 15.9 Å². The minimum atomic E-state index is -4.14. The quantitative estimate of drug-likeness (QED) is 0.657. The van der Waals surface area contributed by atoms with Crippen molar-refractivity contribution in [3.8, 4) is 0 Å². The van der Waals surface area contributed by atoms with E-state index < -0.39 is 32.5 Å². The summed E-state index contributed by atoms with van der Waals surface area (Å²) in [7, 11) is -2.62. The number of carbonyl (C=O) groups is 1. The highest BCUT2D eigenvalue weighted by Crippen LogP contribution is 2.27. The summed E-state index contributed by atoms with van der Waals surface area (Å²) in [4.78, 5) is 11.5. The third-order valence-electron chi connectivity index (χ3n) is 4.58. The maximum absolute atomic E-state index is 14.0. The van der Waals surface area contributed by atoms with Crippen LogP contribution in [0.5, 0.6) is 0 Å². The number of sulfonamides is 1. The number of benzene rings is 1. The average molecular weight is 429 g/mol. The van der Waals surface area contributed by atoms with Crippen LogP contribution in [-0.4, -0.2) is 67.0 Å². The lowest BCUT2D eigenvalue weighted by Crippen LogP contribution is -2.41. The Labute approximate surface area is 166 Å². The number of ether oxygens (including phenoxy) is 1. The predicted octanol–water partition coefficient (Wildman–Crippen LogP) is 0.958. The van der Waals surface area contributed by atoms with E-state index >= 15 is 0 Å². The zero-order valence-electron chi connectivity index (χ0n) is 15.7. The zero-order chi connectivity index (χ0) is 21.0. The minimum Gasteiger partial charge on any atom is -0.383 e. The molecule has 1 aromatic carbocycles. The van der Waals surface area contributed by atoms with E-state index in [4.69, 9.17) is 4.74 Å². The lowest BCUT2D eigenvalue weighted by molar-refractivity contribution is 0.0932. The van der Waals surface area contributed by atoms with Crippen LogP contribution in [0.25, 0.3) is 0 Å². The summed E-state index contributed by atoms with van der Waals surface area (Å²) in [5, 5.41) is 10.4. The fraction of sp³-hybridized carbons (Fsp3) is 0.471. The summed E-state index contributed by atoms with van der Waals surface area (Å²) in [6, 6.07) is 2.00. The van der Waals surface area contributed by atoms with Crippen LogP contribution in [0, 0.1) is 11.6 Å². The van der Waals surface area contributed by atoms with E-state index in [-0.39, 0.29) is 24.8 Å². The molecule has 1 unspecified atom stereocenters. The standard InChI is InChI=1S/C17H21F2N5O4S/c1-28-8-6-20-17(25)15-11-24(22-21-15)13-3-2-7-23(10-13)29(26,27)16-5-4-12(18)9-14(16)19/h4-5,9,11,13H,2-3,6-8,10H2,1H3,(H,20,25). The van der Waals surface area contributed by atoms with Crippen molar-refractivity contribution in [3.63, 3.8) is 0 Å². The second-order valence-electron chi connectivity index (χ2n) is 6.57. The van der Waals surface area contributed by atoms with E-state index in [1.54, 1.807) is 0 Å². The molecule has 0 bridgehead atoms. The van der Waals surface area contributed by atoms with Gasteiger partial charge in [-0.05, 0) is 25.0 Å². The molecule has 0 aliphatic carbocycles. The number of hydrogen-bond acceptors (Lipinski definition) is 6. The topological polar surface area (TPSA) is 106 Å². The van der Waals surface area contributed by atoms with E-state index in [0.29, 0.717) is 32.1 Å². The van der Waals surface area contributed by atoms with Gasteiger partial charge in [-0.15, -0.1) is 5.10 Å². The summed E-state index contributed by atoms with van der Waals surface area (Å²) < 4.78 is 60.2. The number of nitrogens with zero attached hydrogens (tertiary/aromatic N) is 4. The number of methoxy groups -OCH3 is 1. The van der Waals surface area contributed by atoms with Crippen molar-refractivity contribution in [2.24, 2.45) is 0 Å². The number of carbonyl (C=O) groups excluding carboxylic acids is 1. The molecule has 1 N–H and O–H groups in total. The summed E-state index contributed by atoms with van der Waals surface area (Å²) >= 11 is 0. The van der Waals surface area contributed by atoms with E-state index in [2.05, 4.69) is 15.6 Å². The lowest BCUT2D eigenvalue weighted by atomic mass is 10.1. The molecule has 29 heavy (non-hydrogen) atoms. The van der Waals surface area contributed by atoms with E-state index in [1.165, 1.54) is 18.0 Å². The molecular formula is C17H21F2N5O4S. The fourth-order valence-electron chi connectivity index (χ4n) is 3.10. The molecule has 1 aliphatic rings. The van der Waals surface area contributed by atoms with Crippen LogP contribution in [0.2, 0.25) is 0 Å². The van der Waals surface area contributed by atoms with Crippen LogP contribution in [0.3, 0.4) is 0 Å². The molecule has 1 saturated heterocycles. The van der Waals surface area contributed by atoms with Crippen molar-refractivity contribution in [3.05, 3.63) is 41.7 Å². The summed E-state index contributed by atoms with van der Waals surface area (Å²) in [6.45, 7) is 0.915. The second-order valence-corrected chi connectivity index (χ2v) is 8.47. The number of piperidine rings is 1. The molecule has 1 aromatic heterocycles. The molecular weight excluding hydrogens is 408 g/mol. The Morgan fingerprint density at radius 1 is 1.38 bits per heavy atom. The number of hydrogen-bond donors (Lipinski definition) is 1. The lowest BCUT2D eigenvalue weighted by Gasteiger charge is -2.31. The predicted molar refractivity (Wildman–Crippen MR) is 97.6 cm³/mol. The van der Waals surface area contributed by atoms with Crippen molar-refractivity contribution in [1.29, 1.82) is 0 Å². The zero-order valence-corrected chi connectivity index (χ0v) is 16.5. The van der Waals surface area contributed by atoms with Gasteiger partial charge in [0.1, 0.15) is 16.5 Å². The fourth-order valence-corrected chi connectivity index (χ4v) is 4.66. The van der Waals surface area contributed by atoms with Gasteiger partial charge < -0.3 is 10.1 Å². The molecule has 1 amide bonds. The third kappa shape index (κ3) is 4.77. The van der Waals surface area contributed by atoms with Gasteiger partial charge >= 0.3 is 0 Å². The molecule has 12 heteroatoms. The minimum absolute atomic E-state index is 0.0350. The molecule has 1 fully saturated rings. The van der Waals surface area contributed by atoms with Gasteiger partial charge in [-0.1, -0.05) is 5.21 Å². The van der Waals surface area contributed by atoms with Gasteiger partial charge in [-0.2, -0.15) is 4.31 Å². The summed E-state index contributed by atoms with van der Waals surface area (Å²) in [5.74, 6) is -2.40. The average Bonchev–Trinajstić information content (AvgIpc) is 3.18. The van der Waals surface area contributed by atoms with Crippen LogP contribution in [0.15, 0.2) is 29.3 Å². The monoisotopic (exact) mass is 429 g/mol. The van der Waals surface area contributed by atoms with Gasteiger partial charge in [0.15, 0.2) is 5.69 Å². The van der Waals surface area contributed by atoms with Crippen LogP contribution in [0.1, 0.15) is 29.4 Å². The smallest absolute Gasteiger partial charge is 0.273 e. The molecule has 0 radical (unpaired) electrons. The maximum atomic E-state index is 14.0. The molecule has 1 atom stereocenters. The SMILES string of the molecule is COCCNC(=O)c1cn(C2CCCN(S(=O)(=O)c3ccc(F)cc3F)C2)nn1. The molecule has 0 saturated carbocycles. The third-order valence-corrected chi connectivity index (χ3v) is 6.48. The van der Waals surface area contributed by atoms with Gasteiger partial charge in [0, 0.05) is 32.8 Å². The largest absolute Gasteiger partial charge is 0.383 e.